The number of aryl methyl sites for hydroxylation is 2. The third kappa shape index (κ3) is 5.03. The van der Waals surface area contributed by atoms with Gasteiger partial charge in [0.15, 0.2) is 0 Å². The van der Waals surface area contributed by atoms with Gasteiger partial charge in [0.2, 0.25) is 5.95 Å². The molecule has 4 rings (SSSR count). The van der Waals surface area contributed by atoms with Gasteiger partial charge in [0.05, 0.1) is 24.2 Å². The maximum absolute atomic E-state index is 9.21. The first kappa shape index (κ1) is 22.5. The van der Waals surface area contributed by atoms with E-state index in [9.17, 15) is 5.11 Å². The molecule has 1 aliphatic heterocycles. The molecule has 0 bridgehead atoms. The van der Waals surface area contributed by atoms with Gasteiger partial charge in [-0.15, -0.1) is 0 Å². The molecule has 8 nitrogen and oxygen atoms in total. The Labute approximate surface area is 189 Å². The number of piperidine rings is 1. The van der Waals surface area contributed by atoms with Crippen LogP contribution in [0.4, 0.5) is 5.95 Å². The van der Waals surface area contributed by atoms with Crippen molar-refractivity contribution in [2.75, 3.05) is 44.7 Å². The van der Waals surface area contributed by atoms with Crippen molar-refractivity contribution in [2.45, 2.75) is 39.3 Å². The molecule has 0 atom stereocenters. The van der Waals surface area contributed by atoms with Crippen molar-refractivity contribution in [3.8, 4) is 5.75 Å². The SMILES string of the molecule is Cc1ccc(OCCO)c(Cn2c(NC3CCN(CCN)CC3)nc3cccc(C)c32)n1. The van der Waals surface area contributed by atoms with E-state index < -0.39 is 0 Å². The van der Waals surface area contributed by atoms with Gasteiger partial charge in [-0.2, -0.15) is 0 Å². The Kier molecular flexibility index (Phi) is 7.24. The lowest BCUT2D eigenvalue weighted by Gasteiger charge is -2.32. The number of imidazole rings is 1. The second-order valence-electron chi connectivity index (χ2n) is 8.48. The lowest BCUT2D eigenvalue weighted by Crippen LogP contribution is -2.41. The fourth-order valence-electron chi connectivity index (χ4n) is 4.44. The molecule has 1 aromatic carbocycles. The molecule has 0 spiro atoms. The molecule has 32 heavy (non-hydrogen) atoms. The van der Waals surface area contributed by atoms with Gasteiger partial charge in [0.25, 0.3) is 0 Å². The van der Waals surface area contributed by atoms with Gasteiger partial charge in [0, 0.05) is 37.9 Å². The number of nitrogens with one attached hydrogen (secondary N) is 1. The van der Waals surface area contributed by atoms with E-state index in [1.165, 1.54) is 5.56 Å². The first-order valence-corrected chi connectivity index (χ1v) is 11.4. The van der Waals surface area contributed by atoms with E-state index in [0.29, 0.717) is 24.9 Å². The summed E-state index contributed by atoms with van der Waals surface area (Å²) in [5, 5.41) is 12.9. The standard InChI is InChI=1S/C24H34N6O2/c1-17-4-3-5-20-23(17)30(16-21-22(32-15-14-31)7-6-18(2)26-21)24(28-20)27-19-8-11-29(12-9-19)13-10-25/h3-7,19,31H,8-16,25H2,1-2H3,(H,27,28). The van der Waals surface area contributed by atoms with Crippen molar-refractivity contribution in [2.24, 2.45) is 5.73 Å². The van der Waals surface area contributed by atoms with Crippen LogP contribution < -0.4 is 15.8 Å². The van der Waals surface area contributed by atoms with Crippen LogP contribution in [0.3, 0.4) is 0 Å². The molecule has 0 radical (unpaired) electrons. The molecule has 4 N–H and O–H groups in total. The lowest BCUT2D eigenvalue weighted by atomic mass is 10.1. The summed E-state index contributed by atoms with van der Waals surface area (Å²) in [5.74, 6) is 1.56. The minimum atomic E-state index is -0.0317. The van der Waals surface area contributed by atoms with E-state index in [0.717, 1.165) is 60.8 Å². The number of nitrogens with zero attached hydrogens (tertiary/aromatic N) is 4. The Hall–Kier alpha value is -2.68. The molecule has 0 amide bonds. The van der Waals surface area contributed by atoms with Crippen molar-refractivity contribution in [3.05, 3.63) is 47.3 Å². The molecule has 172 valence electrons. The summed E-state index contributed by atoms with van der Waals surface area (Å²) in [6.45, 7) is 8.60. The number of aliphatic hydroxyl groups excluding tert-OH is 1. The molecular weight excluding hydrogens is 404 g/mol. The summed E-state index contributed by atoms with van der Waals surface area (Å²) < 4.78 is 7.99. The predicted molar refractivity (Wildman–Crippen MR) is 127 cm³/mol. The van der Waals surface area contributed by atoms with Gasteiger partial charge >= 0.3 is 0 Å². The molecule has 0 aliphatic carbocycles. The number of rotatable bonds is 9. The highest BCUT2D eigenvalue weighted by molar-refractivity contribution is 5.82. The average Bonchev–Trinajstić information content (AvgIpc) is 3.13. The number of hydrogen-bond acceptors (Lipinski definition) is 7. The Bertz CT molecular complexity index is 1040. The van der Waals surface area contributed by atoms with Gasteiger partial charge < -0.3 is 30.4 Å². The van der Waals surface area contributed by atoms with Crippen LogP contribution in [-0.4, -0.2) is 70.0 Å². The van der Waals surface area contributed by atoms with Crippen molar-refractivity contribution < 1.29 is 9.84 Å². The summed E-state index contributed by atoms with van der Waals surface area (Å²) in [4.78, 5) is 12.1. The van der Waals surface area contributed by atoms with Crippen LogP contribution in [0, 0.1) is 13.8 Å². The van der Waals surface area contributed by atoms with E-state index in [4.69, 9.17) is 20.4 Å². The number of pyridine rings is 1. The van der Waals surface area contributed by atoms with E-state index in [1.54, 1.807) is 0 Å². The topological polar surface area (TPSA) is 101 Å². The summed E-state index contributed by atoms with van der Waals surface area (Å²) in [7, 11) is 0. The molecule has 3 aromatic rings. The average molecular weight is 439 g/mol. The maximum atomic E-state index is 9.21. The number of fused-ring (bicyclic) bond motifs is 1. The third-order valence-electron chi connectivity index (χ3n) is 6.06. The molecule has 0 unspecified atom stereocenters. The Morgan fingerprint density at radius 2 is 1.97 bits per heavy atom. The third-order valence-corrected chi connectivity index (χ3v) is 6.06. The highest BCUT2D eigenvalue weighted by Gasteiger charge is 2.22. The highest BCUT2D eigenvalue weighted by Crippen LogP contribution is 2.28. The van der Waals surface area contributed by atoms with Gasteiger partial charge in [-0.1, -0.05) is 12.1 Å². The maximum Gasteiger partial charge on any atom is 0.204 e. The monoisotopic (exact) mass is 438 g/mol. The number of ether oxygens (including phenoxy) is 1. The molecule has 3 heterocycles. The van der Waals surface area contributed by atoms with Crippen molar-refractivity contribution in [1.82, 2.24) is 19.4 Å². The zero-order valence-electron chi connectivity index (χ0n) is 19.0. The van der Waals surface area contributed by atoms with Crippen LogP contribution in [-0.2, 0) is 6.54 Å². The number of nitrogens with two attached hydrogens (primary N) is 1. The zero-order chi connectivity index (χ0) is 22.5. The fourth-order valence-corrected chi connectivity index (χ4v) is 4.44. The van der Waals surface area contributed by atoms with E-state index in [2.05, 4.69) is 33.8 Å². The van der Waals surface area contributed by atoms with Crippen molar-refractivity contribution in [1.29, 1.82) is 0 Å². The molecule has 0 saturated carbocycles. The lowest BCUT2D eigenvalue weighted by molar-refractivity contribution is 0.199. The normalized spacial score (nSPS) is 15.4. The largest absolute Gasteiger partial charge is 0.489 e. The van der Waals surface area contributed by atoms with Gasteiger partial charge in [-0.05, 0) is 50.5 Å². The van der Waals surface area contributed by atoms with E-state index in [1.807, 2.05) is 25.1 Å². The number of aliphatic hydroxyl groups is 1. The Morgan fingerprint density at radius 3 is 2.72 bits per heavy atom. The Morgan fingerprint density at radius 1 is 1.16 bits per heavy atom. The molecular formula is C24H34N6O2. The van der Waals surface area contributed by atoms with Crippen LogP contribution in [0.5, 0.6) is 5.75 Å². The van der Waals surface area contributed by atoms with Gasteiger partial charge in [0.1, 0.15) is 18.1 Å². The van der Waals surface area contributed by atoms with Crippen molar-refractivity contribution in [3.63, 3.8) is 0 Å². The second kappa shape index (κ2) is 10.3. The number of para-hydroxylation sites is 1. The number of benzene rings is 1. The van der Waals surface area contributed by atoms with Gasteiger partial charge in [-0.3, -0.25) is 4.98 Å². The fraction of sp³-hybridized carbons (Fsp3) is 0.500. The van der Waals surface area contributed by atoms with Crippen LogP contribution in [0.1, 0.15) is 29.8 Å². The zero-order valence-corrected chi connectivity index (χ0v) is 19.0. The summed E-state index contributed by atoms with van der Waals surface area (Å²) in [6, 6.07) is 10.4. The van der Waals surface area contributed by atoms with Crippen LogP contribution >= 0.6 is 0 Å². The number of anilines is 1. The highest BCUT2D eigenvalue weighted by atomic mass is 16.5. The number of hydrogen-bond donors (Lipinski definition) is 3. The van der Waals surface area contributed by atoms with E-state index in [-0.39, 0.29) is 13.2 Å². The second-order valence-corrected chi connectivity index (χ2v) is 8.48. The Balaban J connectivity index is 1.65. The molecule has 8 heteroatoms. The van der Waals surface area contributed by atoms with Crippen LogP contribution in [0.15, 0.2) is 30.3 Å². The van der Waals surface area contributed by atoms with E-state index >= 15 is 0 Å². The minimum Gasteiger partial charge on any atom is -0.489 e. The number of aromatic nitrogens is 3. The molecule has 1 fully saturated rings. The quantitative estimate of drug-likeness (QED) is 0.471. The predicted octanol–water partition coefficient (Wildman–Crippen LogP) is 2.30. The van der Waals surface area contributed by atoms with Crippen LogP contribution in [0.25, 0.3) is 11.0 Å². The summed E-state index contributed by atoms with van der Waals surface area (Å²) >= 11 is 0. The molecule has 1 aliphatic rings. The smallest absolute Gasteiger partial charge is 0.204 e. The first-order valence-electron chi connectivity index (χ1n) is 11.4. The van der Waals surface area contributed by atoms with Crippen molar-refractivity contribution >= 4 is 17.0 Å². The summed E-state index contributed by atoms with van der Waals surface area (Å²) in [6.07, 6.45) is 2.13. The molecule has 2 aromatic heterocycles. The van der Waals surface area contributed by atoms with Gasteiger partial charge in [-0.25, -0.2) is 4.98 Å². The minimum absolute atomic E-state index is 0.0317. The molecule has 1 saturated heterocycles. The van der Waals surface area contributed by atoms with Crippen LogP contribution in [0.2, 0.25) is 0 Å². The first-order chi connectivity index (χ1) is 15.6. The summed E-state index contributed by atoms with van der Waals surface area (Å²) in [5.41, 5.74) is 10.7. The number of likely N-dealkylation sites (tertiary alicyclic amines) is 1.